The molecule has 1 aromatic carbocycles. The normalized spacial score (nSPS) is 12.8. The summed E-state index contributed by atoms with van der Waals surface area (Å²) in [5.74, 6) is -3.77. The van der Waals surface area contributed by atoms with E-state index in [2.05, 4.69) is 10.3 Å². The van der Waals surface area contributed by atoms with Gasteiger partial charge in [0, 0.05) is 12.3 Å². The predicted octanol–water partition coefficient (Wildman–Crippen LogP) is 1.81. The SMILES string of the molecule is CCCNC(=O)C(CSc1nc2ccccc2s1)(CC(=O)O)C(=O)O.[KH]. The van der Waals surface area contributed by atoms with E-state index >= 15 is 0 Å². The van der Waals surface area contributed by atoms with Crippen LogP contribution in [-0.4, -0.2) is 96.7 Å². The number of hydrogen-bond donors (Lipinski definition) is 3. The average Bonchev–Trinajstić information content (AvgIpc) is 2.98. The van der Waals surface area contributed by atoms with Gasteiger partial charge in [-0.3, -0.25) is 14.4 Å². The van der Waals surface area contributed by atoms with Crippen LogP contribution in [0.3, 0.4) is 0 Å². The Hall–Kier alpha value is -0.494. The molecule has 10 heteroatoms. The molecule has 0 saturated heterocycles. The molecule has 7 nitrogen and oxygen atoms in total. The molecule has 0 bridgehead atoms. The number of nitrogens with zero attached hydrogens (tertiary/aromatic N) is 1. The number of hydrogen-bond acceptors (Lipinski definition) is 6. The summed E-state index contributed by atoms with van der Waals surface area (Å²) in [5, 5.41) is 21.2. The molecule has 0 aliphatic heterocycles. The van der Waals surface area contributed by atoms with Crippen LogP contribution in [0.5, 0.6) is 0 Å². The molecule has 0 aliphatic carbocycles. The van der Waals surface area contributed by atoms with Crippen LogP contribution in [-0.2, 0) is 14.4 Å². The van der Waals surface area contributed by atoms with Crippen LogP contribution in [0.4, 0.5) is 0 Å². The van der Waals surface area contributed by atoms with E-state index in [0.29, 0.717) is 17.3 Å². The summed E-state index contributed by atoms with van der Waals surface area (Å²) in [6.45, 7) is 2.12. The molecule has 1 aromatic heterocycles. The molecule has 136 valence electrons. The van der Waals surface area contributed by atoms with Crippen molar-refractivity contribution in [1.29, 1.82) is 0 Å². The quantitative estimate of drug-likeness (QED) is 0.320. The van der Waals surface area contributed by atoms with Gasteiger partial charge in [-0.05, 0) is 18.6 Å². The Morgan fingerprint density at radius 1 is 1.27 bits per heavy atom. The first-order valence-corrected chi connectivity index (χ1v) is 9.41. The Morgan fingerprint density at radius 3 is 2.54 bits per heavy atom. The molecule has 0 aliphatic rings. The van der Waals surface area contributed by atoms with Gasteiger partial charge in [0.05, 0.1) is 16.6 Å². The number of fused-ring (bicyclic) bond motifs is 1. The number of carboxylic acids is 2. The molecule has 1 amide bonds. The Balaban J connectivity index is 0.00000338. The van der Waals surface area contributed by atoms with E-state index in [1.54, 1.807) is 0 Å². The molecule has 1 unspecified atom stereocenters. The van der Waals surface area contributed by atoms with Crippen LogP contribution in [0, 0.1) is 5.41 Å². The zero-order valence-electron chi connectivity index (χ0n) is 13.5. The summed E-state index contributed by atoms with van der Waals surface area (Å²) in [6.07, 6.45) is -0.157. The van der Waals surface area contributed by atoms with E-state index in [1.165, 1.54) is 11.3 Å². The van der Waals surface area contributed by atoms with Crippen molar-refractivity contribution in [2.24, 2.45) is 5.41 Å². The van der Waals surface area contributed by atoms with Gasteiger partial charge in [-0.2, -0.15) is 0 Å². The molecule has 0 fully saturated rings. The van der Waals surface area contributed by atoms with Crippen molar-refractivity contribution in [3.05, 3.63) is 24.3 Å². The summed E-state index contributed by atoms with van der Waals surface area (Å²) < 4.78 is 1.54. The van der Waals surface area contributed by atoms with E-state index in [9.17, 15) is 19.5 Å². The Kier molecular flexibility index (Phi) is 9.73. The fraction of sp³-hybridized carbons (Fsp3) is 0.375. The number of para-hydroxylation sites is 1. The monoisotopic (exact) mass is 422 g/mol. The van der Waals surface area contributed by atoms with Gasteiger partial charge in [0.2, 0.25) is 5.91 Å². The molecular weight excluding hydrogens is 403 g/mol. The van der Waals surface area contributed by atoms with Crippen LogP contribution in [0.1, 0.15) is 19.8 Å². The summed E-state index contributed by atoms with van der Waals surface area (Å²) in [6, 6.07) is 7.46. The molecule has 26 heavy (non-hydrogen) atoms. The van der Waals surface area contributed by atoms with E-state index in [-0.39, 0.29) is 57.1 Å². The minimum atomic E-state index is -2.04. The number of nitrogens with one attached hydrogen (secondary N) is 1. The van der Waals surface area contributed by atoms with E-state index in [4.69, 9.17) is 5.11 Å². The molecule has 1 heterocycles. The average molecular weight is 423 g/mol. The van der Waals surface area contributed by atoms with E-state index in [0.717, 1.165) is 22.0 Å². The number of carbonyl (C=O) groups excluding carboxylic acids is 1. The van der Waals surface area contributed by atoms with Crippen molar-refractivity contribution in [1.82, 2.24) is 10.3 Å². The summed E-state index contributed by atoms with van der Waals surface area (Å²) in [7, 11) is 0. The third-order valence-corrected chi connectivity index (χ3v) is 5.96. The van der Waals surface area contributed by atoms with Crippen molar-refractivity contribution in [2.75, 3.05) is 12.3 Å². The second-order valence-corrected chi connectivity index (χ2v) is 7.70. The van der Waals surface area contributed by atoms with Gasteiger partial charge >= 0.3 is 63.3 Å². The second kappa shape index (κ2) is 10.7. The first-order valence-electron chi connectivity index (χ1n) is 7.61. The maximum atomic E-state index is 12.4. The van der Waals surface area contributed by atoms with Crippen LogP contribution < -0.4 is 5.32 Å². The van der Waals surface area contributed by atoms with Crippen molar-refractivity contribution >= 4 is 103 Å². The number of aromatic nitrogens is 1. The summed E-state index contributed by atoms with van der Waals surface area (Å²) in [5.41, 5.74) is -1.26. The first-order chi connectivity index (χ1) is 11.9. The van der Waals surface area contributed by atoms with Crippen molar-refractivity contribution in [3.63, 3.8) is 0 Å². The third kappa shape index (κ3) is 5.75. The molecule has 0 saturated carbocycles. The van der Waals surface area contributed by atoms with Crippen molar-refractivity contribution in [3.8, 4) is 0 Å². The van der Waals surface area contributed by atoms with Crippen LogP contribution >= 0.6 is 23.1 Å². The van der Waals surface area contributed by atoms with Crippen LogP contribution in [0.15, 0.2) is 28.6 Å². The number of carboxylic acid groups (broad SMARTS) is 2. The summed E-state index contributed by atoms with van der Waals surface area (Å²) >= 11 is 2.47. The maximum absolute atomic E-state index is 12.4. The predicted molar refractivity (Wildman–Crippen MR) is 103 cm³/mol. The fourth-order valence-corrected chi connectivity index (χ4v) is 4.46. The molecular formula is C16H19KN2O5S2. The first kappa shape index (κ1) is 23.5. The van der Waals surface area contributed by atoms with Gasteiger partial charge in [-0.25, -0.2) is 4.98 Å². The van der Waals surface area contributed by atoms with Crippen LogP contribution in [0.25, 0.3) is 10.2 Å². The number of amides is 1. The Labute approximate surface area is 201 Å². The van der Waals surface area contributed by atoms with Crippen molar-refractivity contribution < 1.29 is 24.6 Å². The number of thioether (sulfide) groups is 1. The molecule has 2 rings (SSSR count). The van der Waals surface area contributed by atoms with Crippen molar-refractivity contribution in [2.45, 2.75) is 24.1 Å². The zero-order chi connectivity index (χ0) is 18.4. The third-order valence-electron chi connectivity index (χ3n) is 3.55. The second-order valence-electron chi connectivity index (χ2n) is 5.45. The Bertz CT molecular complexity index is 765. The van der Waals surface area contributed by atoms with Gasteiger partial charge in [-0.15, -0.1) is 11.3 Å². The molecule has 2 aromatic rings. The van der Waals surface area contributed by atoms with E-state index in [1.807, 2.05) is 31.2 Å². The molecule has 1 atom stereocenters. The van der Waals surface area contributed by atoms with Gasteiger partial charge < -0.3 is 15.5 Å². The number of benzene rings is 1. The molecule has 0 radical (unpaired) electrons. The molecule has 0 spiro atoms. The Morgan fingerprint density at radius 2 is 1.96 bits per heavy atom. The van der Waals surface area contributed by atoms with Crippen LogP contribution in [0.2, 0.25) is 0 Å². The van der Waals surface area contributed by atoms with Gasteiger partial charge in [0.1, 0.15) is 0 Å². The van der Waals surface area contributed by atoms with E-state index < -0.39 is 29.7 Å². The van der Waals surface area contributed by atoms with Gasteiger partial charge in [-0.1, -0.05) is 30.8 Å². The zero-order valence-corrected chi connectivity index (χ0v) is 15.2. The number of thiazole rings is 1. The number of aliphatic carboxylic acids is 2. The molecule has 3 N–H and O–H groups in total. The summed E-state index contributed by atoms with van der Waals surface area (Å²) in [4.78, 5) is 39.8. The standard InChI is InChI=1S/C16H18N2O5S2.K.H/c1-2-7-17-13(21)16(14(22)23,8-12(19)20)9-24-15-18-10-5-3-4-6-11(10)25-15;;/h3-6H,2,7-9H2,1H3,(H,17,21)(H,19,20)(H,22,23);;. The number of rotatable bonds is 9. The topological polar surface area (TPSA) is 117 Å². The number of carbonyl (C=O) groups is 3. The van der Waals surface area contributed by atoms with Gasteiger partial charge in [0.15, 0.2) is 9.75 Å². The van der Waals surface area contributed by atoms with Gasteiger partial charge in [0.25, 0.3) is 0 Å². The fourth-order valence-electron chi connectivity index (χ4n) is 2.19. The minimum absolute atomic E-state index is 0.